The molecule has 5 nitrogen and oxygen atoms in total. The molecule has 0 bridgehead atoms. The van der Waals surface area contributed by atoms with Gasteiger partial charge < -0.3 is 10.2 Å². The molecule has 1 atom stereocenters. The fourth-order valence-electron chi connectivity index (χ4n) is 2.14. The molecule has 0 aliphatic rings. The predicted molar refractivity (Wildman–Crippen MR) is 83.6 cm³/mol. The van der Waals surface area contributed by atoms with Crippen LogP contribution in [0.2, 0.25) is 0 Å². The van der Waals surface area contributed by atoms with Crippen molar-refractivity contribution < 1.29 is 4.79 Å². The number of nitrogens with zero attached hydrogens (tertiary/aromatic N) is 2. The van der Waals surface area contributed by atoms with Crippen LogP contribution in [0.4, 0.5) is 0 Å². The van der Waals surface area contributed by atoms with Crippen LogP contribution in [0.15, 0.2) is 36.5 Å². The summed E-state index contributed by atoms with van der Waals surface area (Å²) in [5, 5.41) is 10.4. The second-order valence-electron chi connectivity index (χ2n) is 5.09. The first-order chi connectivity index (χ1) is 10.1. The van der Waals surface area contributed by atoms with Crippen LogP contribution < -0.4 is 5.32 Å². The average Bonchev–Trinajstić information content (AvgIpc) is 3.00. The Balaban J connectivity index is 2.02. The molecule has 0 saturated heterocycles. The van der Waals surface area contributed by atoms with Crippen molar-refractivity contribution in [1.29, 1.82) is 0 Å². The molecule has 1 heterocycles. The van der Waals surface area contributed by atoms with Gasteiger partial charge in [0.05, 0.1) is 17.9 Å². The number of amides is 1. The highest BCUT2D eigenvalue weighted by atomic mass is 16.2. The summed E-state index contributed by atoms with van der Waals surface area (Å²) in [6.07, 6.45) is 1.80. The summed E-state index contributed by atoms with van der Waals surface area (Å²) < 4.78 is 0. The van der Waals surface area contributed by atoms with Crippen LogP contribution in [-0.4, -0.2) is 40.6 Å². The first kappa shape index (κ1) is 15.3. The summed E-state index contributed by atoms with van der Waals surface area (Å²) in [6, 6.07) is 9.84. The summed E-state index contributed by atoms with van der Waals surface area (Å²) in [5.74, 6) is 0.0993. The lowest BCUT2D eigenvalue weighted by Crippen LogP contribution is -2.42. The number of aromatic amines is 1. The minimum atomic E-state index is -0.214. The monoisotopic (exact) mass is 286 g/mol. The molecule has 1 aromatic heterocycles. The van der Waals surface area contributed by atoms with Crippen molar-refractivity contribution in [2.24, 2.45) is 0 Å². The average molecular weight is 286 g/mol. The van der Waals surface area contributed by atoms with Crippen molar-refractivity contribution in [3.63, 3.8) is 0 Å². The van der Waals surface area contributed by atoms with E-state index in [-0.39, 0.29) is 11.9 Å². The van der Waals surface area contributed by atoms with E-state index in [0.717, 1.165) is 16.8 Å². The number of aromatic nitrogens is 2. The highest BCUT2D eigenvalue weighted by molar-refractivity contribution is 5.81. The molecule has 0 saturated carbocycles. The molecular formula is C16H22N4O. The molecule has 1 unspecified atom stereocenters. The predicted octanol–water partition coefficient (Wildman–Crippen LogP) is 2.03. The minimum Gasteiger partial charge on any atom is -0.345 e. The molecular weight excluding hydrogens is 264 g/mol. The maximum absolute atomic E-state index is 12.0. The summed E-state index contributed by atoms with van der Waals surface area (Å²) in [5.41, 5.74) is 3.14. The quantitative estimate of drug-likeness (QED) is 0.854. The van der Waals surface area contributed by atoms with Crippen molar-refractivity contribution in [3.05, 3.63) is 42.1 Å². The zero-order chi connectivity index (χ0) is 15.2. The molecule has 0 aliphatic carbocycles. The van der Waals surface area contributed by atoms with Gasteiger partial charge in [-0.05, 0) is 19.4 Å². The zero-order valence-corrected chi connectivity index (χ0v) is 12.8. The van der Waals surface area contributed by atoms with E-state index in [2.05, 4.69) is 15.5 Å². The topological polar surface area (TPSA) is 61.0 Å². The third kappa shape index (κ3) is 3.70. The molecule has 5 heteroatoms. The van der Waals surface area contributed by atoms with Gasteiger partial charge in [0.2, 0.25) is 5.91 Å². The van der Waals surface area contributed by atoms with Gasteiger partial charge in [-0.2, -0.15) is 5.10 Å². The third-order valence-corrected chi connectivity index (χ3v) is 3.60. The van der Waals surface area contributed by atoms with Crippen LogP contribution in [0.25, 0.3) is 11.3 Å². The summed E-state index contributed by atoms with van der Waals surface area (Å²) in [7, 11) is 1.81. The van der Waals surface area contributed by atoms with E-state index in [1.807, 2.05) is 51.2 Å². The molecule has 21 heavy (non-hydrogen) atoms. The van der Waals surface area contributed by atoms with Gasteiger partial charge in [0.15, 0.2) is 0 Å². The molecule has 1 amide bonds. The summed E-state index contributed by atoms with van der Waals surface area (Å²) in [6.45, 7) is 5.17. The third-order valence-electron chi connectivity index (χ3n) is 3.60. The van der Waals surface area contributed by atoms with Gasteiger partial charge in [0.25, 0.3) is 0 Å². The lowest BCUT2D eigenvalue weighted by atomic mass is 10.1. The Labute approximate surface area is 125 Å². The smallest absolute Gasteiger partial charge is 0.239 e. The lowest BCUT2D eigenvalue weighted by Gasteiger charge is -2.20. The number of carbonyl (C=O) groups is 1. The van der Waals surface area contributed by atoms with Crippen LogP contribution in [0.1, 0.15) is 19.4 Å². The number of carbonyl (C=O) groups excluding carboxylic acids is 1. The highest BCUT2D eigenvalue weighted by Crippen LogP contribution is 2.20. The molecule has 0 spiro atoms. The van der Waals surface area contributed by atoms with E-state index in [4.69, 9.17) is 0 Å². The summed E-state index contributed by atoms with van der Waals surface area (Å²) in [4.78, 5) is 13.7. The van der Waals surface area contributed by atoms with Crippen molar-refractivity contribution in [1.82, 2.24) is 20.4 Å². The van der Waals surface area contributed by atoms with Crippen LogP contribution in [0.5, 0.6) is 0 Å². The lowest BCUT2D eigenvalue weighted by molar-refractivity contribution is -0.131. The van der Waals surface area contributed by atoms with E-state index in [1.165, 1.54) is 0 Å². The van der Waals surface area contributed by atoms with Crippen LogP contribution in [0, 0.1) is 0 Å². The molecule has 0 fully saturated rings. The van der Waals surface area contributed by atoms with E-state index >= 15 is 0 Å². The second kappa shape index (κ2) is 7.04. The SMILES string of the molecule is CCN(C)C(=O)C(C)NCc1cn[nH]c1-c1ccccc1. The van der Waals surface area contributed by atoms with E-state index in [0.29, 0.717) is 13.1 Å². The Morgan fingerprint density at radius 1 is 1.38 bits per heavy atom. The maximum Gasteiger partial charge on any atom is 0.239 e. The number of H-pyrrole nitrogens is 1. The Hall–Kier alpha value is -2.14. The largest absolute Gasteiger partial charge is 0.345 e. The van der Waals surface area contributed by atoms with Gasteiger partial charge in [-0.25, -0.2) is 0 Å². The maximum atomic E-state index is 12.0. The Morgan fingerprint density at radius 3 is 2.76 bits per heavy atom. The van der Waals surface area contributed by atoms with E-state index < -0.39 is 0 Å². The fraction of sp³-hybridized carbons (Fsp3) is 0.375. The van der Waals surface area contributed by atoms with Gasteiger partial charge in [0.1, 0.15) is 0 Å². The Bertz CT molecular complexity index is 579. The molecule has 0 aliphatic heterocycles. The van der Waals surface area contributed by atoms with Crippen molar-refractivity contribution >= 4 is 5.91 Å². The fourth-order valence-corrected chi connectivity index (χ4v) is 2.14. The van der Waals surface area contributed by atoms with Crippen LogP contribution in [-0.2, 0) is 11.3 Å². The van der Waals surface area contributed by atoms with Gasteiger partial charge in [-0.1, -0.05) is 30.3 Å². The molecule has 112 valence electrons. The molecule has 2 rings (SSSR count). The Kier molecular flexibility index (Phi) is 5.11. The molecule has 0 radical (unpaired) electrons. The highest BCUT2D eigenvalue weighted by Gasteiger charge is 2.16. The zero-order valence-electron chi connectivity index (χ0n) is 12.8. The van der Waals surface area contributed by atoms with Gasteiger partial charge in [0, 0.05) is 25.7 Å². The standard InChI is InChI=1S/C16H22N4O/c1-4-20(3)16(21)12(2)17-10-14-11-18-19-15(14)13-8-6-5-7-9-13/h5-9,11-12,17H,4,10H2,1-3H3,(H,18,19). The number of rotatable bonds is 6. The van der Waals surface area contributed by atoms with Crippen molar-refractivity contribution in [2.45, 2.75) is 26.4 Å². The number of likely N-dealkylation sites (N-methyl/N-ethyl adjacent to an activating group) is 1. The van der Waals surface area contributed by atoms with Gasteiger partial charge in [-0.15, -0.1) is 0 Å². The number of nitrogens with one attached hydrogen (secondary N) is 2. The number of hydrogen-bond donors (Lipinski definition) is 2. The van der Waals surface area contributed by atoms with Crippen molar-refractivity contribution in [2.75, 3.05) is 13.6 Å². The van der Waals surface area contributed by atoms with Crippen LogP contribution >= 0.6 is 0 Å². The van der Waals surface area contributed by atoms with Crippen molar-refractivity contribution in [3.8, 4) is 11.3 Å². The second-order valence-corrected chi connectivity index (χ2v) is 5.09. The Morgan fingerprint density at radius 2 is 2.10 bits per heavy atom. The summed E-state index contributed by atoms with van der Waals surface area (Å²) >= 11 is 0. The van der Waals surface area contributed by atoms with Gasteiger partial charge >= 0.3 is 0 Å². The van der Waals surface area contributed by atoms with E-state index in [1.54, 1.807) is 11.1 Å². The first-order valence-corrected chi connectivity index (χ1v) is 7.19. The number of hydrogen-bond acceptors (Lipinski definition) is 3. The molecule has 2 N–H and O–H groups in total. The minimum absolute atomic E-state index is 0.0993. The molecule has 2 aromatic rings. The molecule has 1 aromatic carbocycles. The number of benzene rings is 1. The van der Waals surface area contributed by atoms with E-state index in [9.17, 15) is 4.79 Å². The van der Waals surface area contributed by atoms with Crippen LogP contribution in [0.3, 0.4) is 0 Å². The first-order valence-electron chi connectivity index (χ1n) is 7.19. The van der Waals surface area contributed by atoms with Gasteiger partial charge in [-0.3, -0.25) is 9.89 Å². The normalized spacial score (nSPS) is 12.1.